The number of carbonyl (C=O) groups excluding carboxylic acids is 1. The van der Waals surface area contributed by atoms with Crippen LogP contribution in [0.4, 0.5) is 5.69 Å². The number of halogens is 1. The summed E-state index contributed by atoms with van der Waals surface area (Å²) in [7, 11) is 1.58. The maximum absolute atomic E-state index is 11.8. The minimum Gasteiger partial charge on any atom is -0.497 e. The zero-order valence-electron chi connectivity index (χ0n) is 13.1. The lowest BCUT2D eigenvalue weighted by Gasteiger charge is -2.03. The number of nitro benzene ring substituents is 1. The summed E-state index contributed by atoms with van der Waals surface area (Å²) in [6.07, 6.45) is 1.27. The normalized spacial score (nSPS) is 10.6. The number of benzene rings is 2. The quantitative estimate of drug-likeness (QED) is 0.344. The zero-order chi connectivity index (χ0) is 18.2. The van der Waals surface area contributed by atoms with Crippen molar-refractivity contribution in [1.82, 2.24) is 5.43 Å². The molecule has 2 rings (SSSR count). The second-order valence-corrected chi connectivity index (χ2v) is 6.18. The van der Waals surface area contributed by atoms with Gasteiger partial charge >= 0.3 is 0 Å². The Labute approximate surface area is 153 Å². The summed E-state index contributed by atoms with van der Waals surface area (Å²) in [5.74, 6) is 0.609. The van der Waals surface area contributed by atoms with Crippen LogP contribution >= 0.6 is 23.4 Å². The highest BCUT2D eigenvalue weighted by Gasteiger charge is 2.08. The van der Waals surface area contributed by atoms with E-state index in [1.54, 1.807) is 7.11 Å². The fourth-order valence-electron chi connectivity index (χ4n) is 1.77. The Hall–Kier alpha value is -2.58. The number of amides is 1. The molecular weight excluding hydrogens is 366 g/mol. The first-order valence-electron chi connectivity index (χ1n) is 7.02. The molecule has 0 spiro atoms. The second kappa shape index (κ2) is 9.05. The average Bonchev–Trinajstić information content (AvgIpc) is 2.61. The smallest absolute Gasteiger partial charge is 0.270 e. The molecule has 0 aromatic heterocycles. The summed E-state index contributed by atoms with van der Waals surface area (Å²) in [4.78, 5) is 22.9. The third kappa shape index (κ3) is 5.77. The fourth-order valence-corrected chi connectivity index (χ4v) is 2.63. The summed E-state index contributed by atoms with van der Waals surface area (Å²) in [5, 5.41) is 14.8. The molecule has 0 bridgehead atoms. The van der Waals surface area contributed by atoms with Crippen LogP contribution in [-0.2, 0) is 4.79 Å². The van der Waals surface area contributed by atoms with Crippen molar-refractivity contribution in [1.29, 1.82) is 0 Å². The molecule has 0 unspecified atom stereocenters. The van der Waals surface area contributed by atoms with Gasteiger partial charge in [-0.25, -0.2) is 5.43 Å². The minimum atomic E-state index is -0.530. The molecule has 2 aromatic rings. The number of non-ortho nitro benzene ring substituents is 1. The molecule has 0 saturated heterocycles. The molecule has 1 amide bonds. The van der Waals surface area contributed by atoms with E-state index in [1.807, 2.05) is 24.3 Å². The third-order valence-corrected chi connectivity index (χ3v) is 4.37. The van der Waals surface area contributed by atoms with Gasteiger partial charge in [0.05, 0.1) is 24.0 Å². The number of nitrogens with zero attached hydrogens (tertiary/aromatic N) is 2. The van der Waals surface area contributed by atoms with E-state index < -0.39 is 4.92 Å². The Morgan fingerprint density at radius 2 is 2.08 bits per heavy atom. The van der Waals surface area contributed by atoms with Gasteiger partial charge in [0.15, 0.2) is 0 Å². The number of hydrogen-bond donors (Lipinski definition) is 1. The van der Waals surface area contributed by atoms with Crippen LogP contribution in [0.1, 0.15) is 5.56 Å². The molecule has 0 saturated carbocycles. The Balaban J connectivity index is 1.87. The number of nitrogens with one attached hydrogen (secondary N) is 1. The molecule has 0 aliphatic heterocycles. The Morgan fingerprint density at radius 3 is 2.72 bits per heavy atom. The van der Waals surface area contributed by atoms with E-state index >= 15 is 0 Å². The van der Waals surface area contributed by atoms with Crippen molar-refractivity contribution < 1.29 is 14.5 Å². The van der Waals surface area contributed by atoms with Crippen molar-refractivity contribution in [3.8, 4) is 5.75 Å². The Bertz CT molecular complexity index is 796. The molecule has 0 fully saturated rings. The number of hydrogen-bond acceptors (Lipinski definition) is 6. The van der Waals surface area contributed by atoms with E-state index in [0.29, 0.717) is 10.6 Å². The van der Waals surface area contributed by atoms with Crippen LogP contribution in [0.2, 0.25) is 5.02 Å². The van der Waals surface area contributed by atoms with Crippen molar-refractivity contribution in [2.45, 2.75) is 4.90 Å². The lowest BCUT2D eigenvalue weighted by molar-refractivity contribution is -0.384. The molecule has 7 nitrogen and oxygen atoms in total. The van der Waals surface area contributed by atoms with Crippen LogP contribution in [0.25, 0.3) is 0 Å². The highest BCUT2D eigenvalue weighted by molar-refractivity contribution is 8.00. The maximum Gasteiger partial charge on any atom is 0.270 e. The van der Waals surface area contributed by atoms with Crippen molar-refractivity contribution in [3.63, 3.8) is 0 Å². The van der Waals surface area contributed by atoms with Gasteiger partial charge in [0.1, 0.15) is 5.75 Å². The molecule has 130 valence electrons. The first-order chi connectivity index (χ1) is 12.0. The molecule has 2 aromatic carbocycles. The number of ether oxygens (including phenoxy) is 1. The van der Waals surface area contributed by atoms with Gasteiger partial charge in [-0.15, -0.1) is 11.8 Å². The van der Waals surface area contributed by atoms with Crippen LogP contribution < -0.4 is 10.2 Å². The first kappa shape index (κ1) is 18.8. The van der Waals surface area contributed by atoms with Gasteiger partial charge in [-0.1, -0.05) is 11.6 Å². The van der Waals surface area contributed by atoms with Crippen molar-refractivity contribution >= 4 is 41.2 Å². The van der Waals surface area contributed by atoms with Gasteiger partial charge in [-0.3, -0.25) is 14.9 Å². The molecule has 0 atom stereocenters. The largest absolute Gasteiger partial charge is 0.497 e. The van der Waals surface area contributed by atoms with Gasteiger partial charge in [0, 0.05) is 27.6 Å². The molecule has 0 radical (unpaired) electrons. The molecule has 1 N–H and O–H groups in total. The molecule has 9 heteroatoms. The predicted molar refractivity (Wildman–Crippen MR) is 97.6 cm³/mol. The van der Waals surface area contributed by atoms with Gasteiger partial charge in [0.25, 0.3) is 5.69 Å². The standard InChI is InChI=1S/C16H14ClN3O4S/c1-24-13-3-5-14(6-4-13)25-10-16(21)19-18-9-11-8-12(20(22)23)2-7-15(11)17/h2-9H,10H2,1H3,(H,19,21)/b18-9+. The number of thioether (sulfide) groups is 1. The van der Waals surface area contributed by atoms with E-state index in [0.717, 1.165) is 10.6 Å². The average molecular weight is 380 g/mol. The van der Waals surface area contributed by atoms with Gasteiger partial charge in [-0.2, -0.15) is 5.10 Å². The summed E-state index contributed by atoms with van der Waals surface area (Å²) in [5.41, 5.74) is 2.60. The number of methoxy groups -OCH3 is 1. The topological polar surface area (TPSA) is 93.8 Å². The summed E-state index contributed by atoms with van der Waals surface area (Å²) >= 11 is 7.29. The molecule has 0 aliphatic rings. The van der Waals surface area contributed by atoms with Crippen LogP contribution in [0.5, 0.6) is 5.75 Å². The lowest BCUT2D eigenvalue weighted by atomic mass is 10.2. The van der Waals surface area contributed by atoms with E-state index in [-0.39, 0.29) is 17.3 Å². The number of carbonyl (C=O) groups is 1. The van der Waals surface area contributed by atoms with Crippen molar-refractivity contribution in [2.75, 3.05) is 12.9 Å². The van der Waals surface area contributed by atoms with Crippen LogP contribution in [0.15, 0.2) is 52.5 Å². The first-order valence-corrected chi connectivity index (χ1v) is 8.38. The second-order valence-electron chi connectivity index (χ2n) is 4.72. The number of hydrazone groups is 1. The van der Waals surface area contributed by atoms with Crippen molar-refractivity contribution in [3.05, 3.63) is 63.2 Å². The zero-order valence-corrected chi connectivity index (χ0v) is 14.7. The molecule has 0 heterocycles. The molecular formula is C16H14ClN3O4S. The molecule has 25 heavy (non-hydrogen) atoms. The number of rotatable bonds is 7. The lowest BCUT2D eigenvalue weighted by Crippen LogP contribution is -2.19. The maximum atomic E-state index is 11.8. The molecule has 0 aliphatic carbocycles. The monoisotopic (exact) mass is 379 g/mol. The summed E-state index contributed by atoms with van der Waals surface area (Å²) in [6, 6.07) is 11.3. The summed E-state index contributed by atoms with van der Waals surface area (Å²) < 4.78 is 5.06. The highest BCUT2D eigenvalue weighted by Crippen LogP contribution is 2.21. The van der Waals surface area contributed by atoms with E-state index in [2.05, 4.69) is 10.5 Å². The summed E-state index contributed by atoms with van der Waals surface area (Å²) in [6.45, 7) is 0. The fraction of sp³-hybridized carbons (Fsp3) is 0.125. The van der Waals surface area contributed by atoms with Gasteiger partial charge in [0.2, 0.25) is 5.91 Å². The minimum absolute atomic E-state index is 0.104. The van der Waals surface area contributed by atoms with Gasteiger partial charge < -0.3 is 4.74 Å². The van der Waals surface area contributed by atoms with E-state index in [9.17, 15) is 14.9 Å². The SMILES string of the molecule is COc1ccc(SCC(=O)N/N=C/c2cc([N+](=O)[O-])ccc2Cl)cc1. The van der Waals surface area contributed by atoms with Crippen LogP contribution in [-0.4, -0.2) is 29.9 Å². The third-order valence-electron chi connectivity index (χ3n) is 3.01. The van der Waals surface area contributed by atoms with Gasteiger partial charge in [-0.05, 0) is 30.3 Å². The van der Waals surface area contributed by atoms with Crippen LogP contribution in [0.3, 0.4) is 0 Å². The van der Waals surface area contributed by atoms with E-state index in [1.165, 1.54) is 36.2 Å². The van der Waals surface area contributed by atoms with Crippen molar-refractivity contribution in [2.24, 2.45) is 5.10 Å². The highest BCUT2D eigenvalue weighted by atomic mass is 35.5. The predicted octanol–water partition coefficient (Wildman–Crippen LogP) is 3.50. The number of nitro groups is 1. The Kier molecular flexibility index (Phi) is 6.79. The Morgan fingerprint density at radius 1 is 1.36 bits per heavy atom. The van der Waals surface area contributed by atoms with Crippen LogP contribution in [0, 0.1) is 10.1 Å². The van der Waals surface area contributed by atoms with E-state index in [4.69, 9.17) is 16.3 Å².